The molecular formula is C13H25N5. The van der Waals surface area contributed by atoms with Gasteiger partial charge in [-0.05, 0) is 13.5 Å². The summed E-state index contributed by atoms with van der Waals surface area (Å²) in [5.41, 5.74) is 8.37. The van der Waals surface area contributed by atoms with Crippen LogP contribution in [0.1, 0.15) is 24.4 Å². The lowest BCUT2D eigenvalue weighted by molar-refractivity contribution is 0.0989. The molecule has 0 aliphatic carbocycles. The van der Waals surface area contributed by atoms with Crippen molar-refractivity contribution >= 4 is 0 Å². The van der Waals surface area contributed by atoms with E-state index >= 15 is 0 Å². The molecule has 5 nitrogen and oxygen atoms in total. The Balaban J connectivity index is 2.10. The first-order chi connectivity index (χ1) is 8.67. The van der Waals surface area contributed by atoms with Crippen LogP contribution in [0.4, 0.5) is 0 Å². The number of rotatable bonds is 4. The van der Waals surface area contributed by atoms with Crippen LogP contribution in [0, 0.1) is 6.92 Å². The molecule has 0 saturated carbocycles. The third-order valence-electron chi connectivity index (χ3n) is 4.01. The number of imidazole rings is 1. The van der Waals surface area contributed by atoms with Crippen molar-refractivity contribution in [2.45, 2.75) is 19.9 Å². The molecule has 1 fully saturated rings. The van der Waals surface area contributed by atoms with Crippen molar-refractivity contribution < 1.29 is 0 Å². The number of nitrogens with zero attached hydrogens (tertiary/aromatic N) is 4. The molecule has 0 amide bonds. The summed E-state index contributed by atoms with van der Waals surface area (Å²) < 4.78 is 2.11. The second-order valence-corrected chi connectivity index (χ2v) is 5.05. The van der Waals surface area contributed by atoms with Gasteiger partial charge in [-0.1, -0.05) is 6.92 Å². The molecule has 18 heavy (non-hydrogen) atoms. The van der Waals surface area contributed by atoms with Crippen LogP contribution in [0.15, 0.2) is 6.33 Å². The Kier molecular flexibility index (Phi) is 4.37. The molecule has 1 aromatic rings. The molecule has 1 aromatic heterocycles. The Bertz CT molecular complexity index is 359. The molecular weight excluding hydrogens is 226 g/mol. The van der Waals surface area contributed by atoms with Gasteiger partial charge in [0.1, 0.15) is 0 Å². The van der Waals surface area contributed by atoms with Crippen LogP contribution in [-0.4, -0.2) is 58.6 Å². The number of likely N-dealkylation sites (N-methyl/N-ethyl adjacent to an activating group) is 1. The predicted octanol–water partition coefficient (Wildman–Crippen LogP) is 0.366. The lowest BCUT2D eigenvalue weighted by atomic mass is 10.1. The first-order valence-corrected chi connectivity index (χ1v) is 6.81. The second-order valence-electron chi connectivity index (χ2n) is 5.05. The van der Waals surface area contributed by atoms with Crippen LogP contribution < -0.4 is 5.73 Å². The van der Waals surface area contributed by atoms with Crippen molar-refractivity contribution in [2.75, 3.05) is 39.3 Å². The summed E-state index contributed by atoms with van der Waals surface area (Å²) in [6.45, 7) is 10.6. The summed E-state index contributed by atoms with van der Waals surface area (Å²) in [5.74, 6) is 0. The van der Waals surface area contributed by atoms with Gasteiger partial charge in [0.15, 0.2) is 0 Å². The Morgan fingerprint density at radius 3 is 2.44 bits per heavy atom. The summed E-state index contributed by atoms with van der Waals surface area (Å²) in [5, 5.41) is 0. The maximum atomic E-state index is 6.00. The monoisotopic (exact) mass is 251 g/mol. The Labute approximate surface area is 110 Å². The maximum absolute atomic E-state index is 6.00. The molecule has 5 heteroatoms. The average Bonchev–Trinajstić information content (AvgIpc) is 2.72. The summed E-state index contributed by atoms with van der Waals surface area (Å²) >= 11 is 0. The molecule has 1 aliphatic heterocycles. The highest BCUT2D eigenvalue weighted by Crippen LogP contribution is 2.23. The smallest absolute Gasteiger partial charge is 0.0949 e. The molecule has 2 heterocycles. The fourth-order valence-electron chi connectivity index (χ4n) is 2.86. The largest absolute Gasteiger partial charge is 0.336 e. The van der Waals surface area contributed by atoms with Crippen LogP contribution in [0.3, 0.4) is 0 Å². The van der Waals surface area contributed by atoms with Gasteiger partial charge < -0.3 is 15.2 Å². The molecule has 0 bridgehead atoms. The van der Waals surface area contributed by atoms with E-state index < -0.39 is 0 Å². The van der Waals surface area contributed by atoms with E-state index in [0.29, 0.717) is 12.6 Å². The fraction of sp³-hybridized carbons (Fsp3) is 0.769. The van der Waals surface area contributed by atoms with Gasteiger partial charge in [0, 0.05) is 39.8 Å². The highest BCUT2D eigenvalue weighted by Gasteiger charge is 2.26. The van der Waals surface area contributed by atoms with Crippen molar-refractivity contribution in [3.63, 3.8) is 0 Å². The third-order valence-corrected chi connectivity index (χ3v) is 4.01. The quantitative estimate of drug-likeness (QED) is 0.840. The average molecular weight is 251 g/mol. The van der Waals surface area contributed by atoms with Crippen molar-refractivity contribution in [3.05, 3.63) is 17.7 Å². The Morgan fingerprint density at radius 1 is 1.33 bits per heavy atom. The summed E-state index contributed by atoms with van der Waals surface area (Å²) in [4.78, 5) is 9.36. The maximum Gasteiger partial charge on any atom is 0.0949 e. The minimum absolute atomic E-state index is 0.302. The molecule has 1 atom stereocenters. The van der Waals surface area contributed by atoms with E-state index in [0.717, 1.165) is 38.4 Å². The van der Waals surface area contributed by atoms with E-state index in [2.05, 4.69) is 40.2 Å². The molecule has 1 aliphatic rings. The van der Waals surface area contributed by atoms with E-state index in [9.17, 15) is 0 Å². The predicted molar refractivity (Wildman–Crippen MR) is 73.4 cm³/mol. The van der Waals surface area contributed by atoms with Gasteiger partial charge in [-0.15, -0.1) is 0 Å². The molecule has 1 saturated heterocycles. The topological polar surface area (TPSA) is 50.3 Å². The third kappa shape index (κ3) is 2.58. The number of aryl methyl sites for hydroxylation is 2. The summed E-state index contributed by atoms with van der Waals surface area (Å²) in [6, 6.07) is 0.302. The minimum Gasteiger partial charge on any atom is -0.336 e. The van der Waals surface area contributed by atoms with Gasteiger partial charge in [0.25, 0.3) is 0 Å². The van der Waals surface area contributed by atoms with E-state index in [4.69, 9.17) is 5.73 Å². The zero-order valence-corrected chi connectivity index (χ0v) is 11.8. The first kappa shape index (κ1) is 13.5. The van der Waals surface area contributed by atoms with Crippen molar-refractivity contribution in [2.24, 2.45) is 12.8 Å². The minimum atomic E-state index is 0.302. The standard InChI is InChI=1S/C13H25N5/c1-4-17-5-7-18(8-6-17)12(9-14)13-11(2)15-10-16(13)3/h10,12H,4-9,14H2,1-3H3. The van der Waals surface area contributed by atoms with Crippen LogP contribution in [0.25, 0.3) is 0 Å². The molecule has 102 valence electrons. The highest BCUT2D eigenvalue weighted by atomic mass is 15.3. The molecule has 0 aromatic carbocycles. The number of hydrogen-bond acceptors (Lipinski definition) is 4. The normalized spacial score (nSPS) is 20.2. The van der Waals surface area contributed by atoms with Gasteiger partial charge in [0.05, 0.1) is 23.8 Å². The van der Waals surface area contributed by atoms with Gasteiger partial charge in [0.2, 0.25) is 0 Å². The van der Waals surface area contributed by atoms with Crippen molar-refractivity contribution in [1.82, 2.24) is 19.4 Å². The number of nitrogens with two attached hydrogens (primary N) is 1. The van der Waals surface area contributed by atoms with Gasteiger partial charge in [-0.2, -0.15) is 0 Å². The molecule has 0 spiro atoms. The molecule has 1 unspecified atom stereocenters. The summed E-state index contributed by atoms with van der Waals surface area (Å²) in [6.07, 6.45) is 1.88. The van der Waals surface area contributed by atoms with E-state index in [1.165, 1.54) is 5.69 Å². The SMILES string of the molecule is CCN1CCN(C(CN)c2c(C)ncn2C)CC1. The van der Waals surface area contributed by atoms with Crippen molar-refractivity contribution in [3.8, 4) is 0 Å². The summed E-state index contributed by atoms with van der Waals surface area (Å²) in [7, 11) is 2.06. The Morgan fingerprint density at radius 2 is 2.00 bits per heavy atom. The van der Waals surface area contributed by atoms with Gasteiger partial charge in [-0.3, -0.25) is 4.90 Å². The van der Waals surface area contributed by atoms with Crippen LogP contribution in [-0.2, 0) is 7.05 Å². The van der Waals surface area contributed by atoms with E-state index in [1.807, 2.05) is 6.33 Å². The fourth-order valence-corrected chi connectivity index (χ4v) is 2.86. The lowest BCUT2D eigenvalue weighted by Gasteiger charge is -2.38. The number of aromatic nitrogens is 2. The zero-order chi connectivity index (χ0) is 13.1. The number of piperazine rings is 1. The molecule has 2 N–H and O–H groups in total. The lowest BCUT2D eigenvalue weighted by Crippen LogP contribution is -2.49. The highest BCUT2D eigenvalue weighted by molar-refractivity contribution is 5.16. The van der Waals surface area contributed by atoms with Crippen LogP contribution >= 0.6 is 0 Å². The second kappa shape index (κ2) is 5.82. The van der Waals surface area contributed by atoms with E-state index in [1.54, 1.807) is 0 Å². The van der Waals surface area contributed by atoms with Crippen LogP contribution in [0.5, 0.6) is 0 Å². The Hall–Kier alpha value is -0.910. The van der Waals surface area contributed by atoms with E-state index in [-0.39, 0.29) is 0 Å². The molecule has 2 rings (SSSR count). The molecule has 0 radical (unpaired) electrons. The van der Waals surface area contributed by atoms with Gasteiger partial charge >= 0.3 is 0 Å². The first-order valence-electron chi connectivity index (χ1n) is 6.81. The zero-order valence-electron chi connectivity index (χ0n) is 11.8. The van der Waals surface area contributed by atoms with Gasteiger partial charge in [-0.25, -0.2) is 4.98 Å². The number of hydrogen-bond donors (Lipinski definition) is 1. The van der Waals surface area contributed by atoms with Crippen molar-refractivity contribution in [1.29, 1.82) is 0 Å². The van der Waals surface area contributed by atoms with Crippen LogP contribution in [0.2, 0.25) is 0 Å².